The van der Waals surface area contributed by atoms with E-state index < -0.39 is 17.5 Å². The Hall–Kier alpha value is -2.29. The number of halogens is 3. The summed E-state index contributed by atoms with van der Waals surface area (Å²) in [5, 5.41) is 0. The van der Waals surface area contributed by atoms with Crippen LogP contribution in [0.5, 0.6) is 0 Å². The zero-order valence-electron chi connectivity index (χ0n) is 18.2. The monoisotopic (exact) mass is 414 g/mol. The molecule has 0 aromatic heterocycles. The van der Waals surface area contributed by atoms with E-state index in [1.54, 1.807) is 18.2 Å². The first kappa shape index (κ1) is 24.0. The molecule has 0 saturated heterocycles. The zero-order chi connectivity index (χ0) is 21.8. The van der Waals surface area contributed by atoms with Crippen LogP contribution in [0.2, 0.25) is 0 Å². The minimum absolute atomic E-state index is 0.0860. The van der Waals surface area contributed by atoms with Crippen molar-refractivity contribution in [1.29, 1.82) is 0 Å². The lowest BCUT2D eigenvalue weighted by atomic mass is 10.0. The van der Waals surface area contributed by atoms with Crippen LogP contribution in [0.4, 0.5) is 13.2 Å². The Morgan fingerprint density at radius 2 is 1.40 bits per heavy atom. The first-order chi connectivity index (χ1) is 14.6. The van der Waals surface area contributed by atoms with E-state index in [4.69, 9.17) is 0 Å². The minimum Gasteiger partial charge on any atom is -0.206 e. The number of unbranched alkanes of at least 4 members (excludes halogenated alkanes) is 6. The van der Waals surface area contributed by atoms with Crippen LogP contribution in [0.1, 0.15) is 87.5 Å². The Bertz CT molecular complexity index is 832. The van der Waals surface area contributed by atoms with Crippen molar-refractivity contribution in [3.05, 3.63) is 76.6 Å². The zero-order valence-corrected chi connectivity index (χ0v) is 18.2. The van der Waals surface area contributed by atoms with Crippen LogP contribution in [0.3, 0.4) is 0 Å². The van der Waals surface area contributed by atoms with E-state index in [9.17, 15) is 13.2 Å². The van der Waals surface area contributed by atoms with Crippen molar-refractivity contribution in [2.24, 2.45) is 0 Å². The second-order valence-electron chi connectivity index (χ2n) is 7.77. The van der Waals surface area contributed by atoms with E-state index in [-0.39, 0.29) is 11.1 Å². The van der Waals surface area contributed by atoms with Crippen molar-refractivity contribution in [3.63, 3.8) is 0 Å². The van der Waals surface area contributed by atoms with Crippen molar-refractivity contribution in [3.8, 4) is 0 Å². The molecular formula is C27H33F3. The molecule has 0 amide bonds. The van der Waals surface area contributed by atoms with Crippen molar-refractivity contribution in [2.45, 2.75) is 71.6 Å². The molecular weight excluding hydrogens is 381 g/mol. The lowest BCUT2D eigenvalue weighted by molar-refractivity contribution is 0.622. The Morgan fingerprint density at radius 3 is 2.07 bits per heavy atom. The number of hydrogen-bond donors (Lipinski definition) is 0. The number of rotatable bonds is 12. The maximum Gasteiger partial charge on any atom is 0.166 e. The standard InChI is InChI=1S/C27H33F3/c1-3-5-7-8-9-11-13-22-18-19-24(20-25(22)28)27(30)26(29)23-16-14-21(15-17-23)12-10-6-4-2/h11,13-20H,3-10,12H2,1-2H3/b13-11+,27-26-. The molecule has 0 unspecified atom stereocenters. The molecule has 0 radical (unpaired) electrons. The third-order valence-corrected chi connectivity index (χ3v) is 5.24. The van der Waals surface area contributed by atoms with Crippen molar-refractivity contribution < 1.29 is 13.2 Å². The molecule has 0 N–H and O–H groups in total. The van der Waals surface area contributed by atoms with Gasteiger partial charge in [0.05, 0.1) is 0 Å². The second kappa shape index (κ2) is 13.1. The molecule has 0 spiro atoms. The van der Waals surface area contributed by atoms with Gasteiger partial charge < -0.3 is 0 Å². The van der Waals surface area contributed by atoms with Gasteiger partial charge in [-0.05, 0) is 37.3 Å². The summed E-state index contributed by atoms with van der Waals surface area (Å²) in [6.07, 6.45) is 13.5. The summed E-state index contributed by atoms with van der Waals surface area (Å²) in [5.74, 6) is -2.55. The maximum absolute atomic E-state index is 14.6. The van der Waals surface area contributed by atoms with Crippen molar-refractivity contribution in [2.75, 3.05) is 0 Å². The normalized spacial score (nSPS) is 12.4. The molecule has 2 rings (SSSR count). The van der Waals surface area contributed by atoms with Gasteiger partial charge in [0.2, 0.25) is 0 Å². The van der Waals surface area contributed by atoms with Gasteiger partial charge in [0, 0.05) is 16.7 Å². The summed E-state index contributed by atoms with van der Waals surface area (Å²) >= 11 is 0. The van der Waals surface area contributed by atoms with E-state index in [1.165, 1.54) is 25.0 Å². The molecule has 30 heavy (non-hydrogen) atoms. The Labute approximate surface area is 179 Å². The van der Waals surface area contributed by atoms with Crippen molar-refractivity contribution in [1.82, 2.24) is 0 Å². The van der Waals surface area contributed by atoms with Gasteiger partial charge in [-0.15, -0.1) is 0 Å². The van der Waals surface area contributed by atoms with Gasteiger partial charge in [0.15, 0.2) is 11.7 Å². The fourth-order valence-electron chi connectivity index (χ4n) is 3.35. The van der Waals surface area contributed by atoms with Crippen LogP contribution in [0.15, 0.2) is 48.5 Å². The van der Waals surface area contributed by atoms with E-state index in [2.05, 4.69) is 13.8 Å². The highest BCUT2D eigenvalue weighted by atomic mass is 19.2. The lowest BCUT2D eigenvalue weighted by Gasteiger charge is -2.06. The molecule has 2 aromatic carbocycles. The quantitative estimate of drug-likeness (QED) is 0.240. The molecule has 0 fully saturated rings. The third-order valence-electron chi connectivity index (χ3n) is 5.24. The van der Waals surface area contributed by atoms with Gasteiger partial charge in [-0.1, -0.05) is 94.5 Å². The van der Waals surface area contributed by atoms with E-state index >= 15 is 0 Å². The molecule has 0 atom stereocenters. The first-order valence-corrected chi connectivity index (χ1v) is 11.2. The lowest BCUT2D eigenvalue weighted by Crippen LogP contribution is -1.90. The Balaban J connectivity index is 2.05. The minimum atomic E-state index is -1.04. The first-order valence-electron chi connectivity index (χ1n) is 11.2. The van der Waals surface area contributed by atoms with Gasteiger partial charge in [0.1, 0.15) is 5.82 Å². The Kier molecular flexibility index (Phi) is 10.5. The summed E-state index contributed by atoms with van der Waals surface area (Å²) in [4.78, 5) is 0. The fraction of sp³-hybridized carbons (Fsp3) is 0.407. The average Bonchev–Trinajstić information content (AvgIpc) is 2.76. The molecule has 0 saturated carbocycles. The molecule has 3 heteroatoms. The molecule has 0 bridgehead atoms. The van der Waals surface area contributed by atoms with Gasteiger partial charge in [-0.2, -0.15) is 0 Å². The Morgan fingerprint density at radius 1 is 0.767 bits per heavy atom. The fourth-order valence-corrected chi connectivity index (χ4v) is 3.35. The van der Waals surface area contributed by atoms with E-state index in [0.717, 1.165) is 56.6 Å². The highest BCUT2D eigenvalue weighted by molar-refractivity contribution is 5.83. The molecule has 162 valence electrons. The summed E-state index contributed by atoms with van der Waals surface area (Å²) in [6.45, 7) is 4.30. The topological polar surface area (TPSA) is 0 Å². The molecule has 0 aliphatic rings. The molecule has 2 aromatic rings. The predicted octanol–water partition coefficient (Wildman–Crippen LogP) is 9.31. The summed E-state index contributed by atoms with van der Waals surface area (Å²) < 4.78 is 43.6. The number of aryl methyl sites for hydroxylation is 1. The van der Waals surface area contributed by atoms with Crippen LogP contribution in [-0.2, 0) is 6.42 Å². The van der Waals surface area contributed by atoms with E-state index in [1.807, 2.05) is 18.2 Å². The highest BCUT2D eigenvalue weighted by Gasteiger charge is 2.13. The summed E-state index contributed by atoms with van der Waals surface area (Å²) in [7, 11) is 0. The summed E-state index contributed by atoms with van der Waals surface area (Å²) in [6, 6.07) is 10.8. The molecule has 0 nitrogen and oxygen atoms in total. The van der Waals surface area contributed by atoms with Crippen LogP contribution >= 0.6 is 0 Å². The maximum atomic E-state index is 14.6. The van der Waals surface area contributed by atoms with Gasteiger partial charge in [-0.3, -0.25) is 0 Å². The molecule has 0 aliphatic carbocycles. The van der Waals surface area contributed by atoms with Crippen molar-refractivity contribution >= 4 is 17.7 Å². The van der Waals surface area contributed by atoms with Crippen LogP contribution < -0.4 is 0 Å². The van der Waals surface area contributed by atoms with Gasteiger partial charge in [0.25, 0.3) is 0 Å². The molecule has 0 heterocycles. The van der Waals surface area contributed by atoms with E-state index in [0.29, 0.717) is 5.56 Å². The second-order valence-corrected chi connectivity index (χ2v) is 7.77. The van der Waals surface area contributed by atoms with Gasteiger partial charge in [-0.25, -0.2) is 13.2 Å². The van der Waals surface area contributed by atoms with Crippen LogP contribution in [0.25, 0.3) is 17.7 Å². The van der Waals surface area contributed by atoms with Gasteiger partial charge >= 0.3 is 0 Å². The SMILES string of the molecule is CCCCCC/C=C/c1ccc(/C(F)=C(/F)c2ccc(CCCCC)cc2)cc1F. The smallest absolute Gasteiger partial charge is 0.166 e. The number of allylic oxidation sites excluding steroid dienone is 1. The predicted molar refractivity (Wildman–Crippen MR) is 123 cm³/mol. The van der Waals surface area contributed by atoms with Crippen LogP contribution in [0, 0.1) is 5.82 Å². The third kappa shape index (κ3) is 7.51. The van der Waals surface area contributed by atoms with Crippen LogP contribution in [-0.4, -0.2) is 0 Å². The number of hydrogen-bond acceptors (Lipinski definition) is 0. The largest absolute Gasteiger partial charge is 0.206 e. The number of benzene rings is 2. The molecule has 0 aliphatic heterocycles. The highest BCUT2D eigenvalue weighted by Crippen LogP contribution is 2.30. The summed E-state index contributed by atoms with van der Waals surface area (Å²) in [5.41, 5.74) is 1.58. The average molecular weight is 415 g/mol.